The number of hydrogen-bond acceptors (Lipinski definition) is 7. The fourth-order valence-corrected chi connectivity index (χ4v) is 4.25. The maximum atomic E-state index is 12.2. The third-order valence-electron chi connectivity index (χ3n) is 4.01. The summed E-state index contributed by atoms with van der Waals surface area (Å²) in [7, 11) is 0. The van der Waals surface area contributed by atoms with E-state index in [4.69, 9.17) is 4.42 Å². The number of thioether (sulfide) groups is 1. The van der Waals surface area contributed by atoms with E-state index >= 15 is 0 Å². The van der Waals surface area contributed by atoms with E-state index in [0.717, 1.165) is 35.9 Å². The summed E-state index contributed by atoms with van der Waals surface area (Å²) in [6, 6.07) is 0. The molecule has 0 unspecified atom stereocenters. The molecular weight excluding hydrogens is 392 g/mol. The Morgan fingerprint density at radius 3 is 2.88 bits per heavy atom. The summed E-state index contributed by atoms with van der Waals surface area (Å²) >= 11 is 3.10. The van der Waals surface area contributed by atoms with Gasteiger partial charge in [-0.15, -0.1) is 24.2 Å². The smallest absolute Gasteiger partial charge is 0.230 e. The summed E-state index contributed by atoms with van der Waals surface area (Å²) < 4.78 is 6.83. The van der Waals surface area contributed by atoms with E-state index in [1.54, 1.807) is 24.2 Å². The highest BCUT2D eigenvalue weighted by Crippen LogP contribution is 2.32. The average Bonchev–Trinajstić information content (AvgIpc) is 3.22. The van der Waals surface area contributed by atoms with Gasteiger partial charge in [0, 0.05) is 12.0 Å². The lowest BCUT2D eigenvalue weighted by molar-refractivity contribution is -0.120. The van der Waals surface area contributed by atoms with Crippen LogP contribution in [0.2, 0.25) is 0 Å². The van der Waals surface area contributed by atoms with Crippen molar-refractivity contribution in [3.05, 3.63) is 24.0 Å². The van der Waals surface area contributed by atoms with Gasteiger partial charge in [0.05, 0.1) is 28.3 Å². The second-order valence-corrected chi connectivity index (χ2v) is 9.48. The zero-order chi connectivity index (χ0) is 17.9. The Labute approximate surface area is 168 Å². The summed E-state index contributed by atoms with van der Waals surface area (Å²) in [4.78, 5) is 20.9. The molecular formula is C17H25ClN4O2S2. The van der Waals surface area contributed by atoms with E-state index in [-0.39, 0.29) is 29.6 Å². The van der Waals surface area contributed by atoms with Crippen LogP contribution < -0.4 is 10.6 Å². The maximum Gasteiger partial charge on any atom is 0.230 e. The number of nitrogens with zero attached hydrogens (tertiary/aromatic N) is 2. The molecule has 1 atom stereocenters. The van der Waals surface area contributed by atoms with Crippen molar-refractivity contribution >= 4 is 46.5 Å². The van der Waals surface area contributed by atoms with Gasteiger partial charge in [0.1, 0.15) is 5.76 Å². The van der Waals surface area contributed by atoms with Gasteiger partial charge in [-0.05, 0) is 19.4 Å². The highest BCUT2D eigenvalue weighted by atomic mass is 35.5. The Morgan fingerprint density at radius 1 is 1.42 bits per heavy atom. The molecule has 9 heteroatoms. The van der Waals surface area contributed by atoms with Crippen molar-refractivity contribution in [3.8, 4) is 0 Å². The molecule has 6 nitrogen and oxygen atoms in total. The predicted octanol–water partition coefficient (Wildman–Crippen LogP) is 4.08. The number of carbonyl (C=O) groups is 1. The lowest BCUT2D eigenvalue weighted by atomic mass is 9.94. The minimum atomic E-state index is -0.0359. The molecule has 1 aliphatic heterocycles. The van der Waals surface area contributed by atoms with Crippen LogP contribution in [0.1, 0.15) is 45.3 Å². The van der Waals surface area contributed by atoms with Gasteiger partial charge in [-0.1, -0.05) is 32.1 Å². The number of hydrogen-bond donors (Lipinski definition) is 2. The third-order valence-corrected chi connectivity index (χ3v) is 6.11. The average molecular weight is 417 g/mol. The van der Waals surface area contributed by atoms with Crippen LogP contribution in [0.25, 0.3) is 0 Å². The standard InChI is InChI=1S/C17H24N4O2S2.ClH/c1-17(2,3)12-8-19-13(23-12)10-24-14-9-20-16(25-14)21-15(22)11-5-4-6-18-7-11;/h8-9,11,18H,4-7,10H2,1-3H3,(H,20,21,22);1H/t11-;/m1./s1. The number of halogens is 1. The highest BCUT2D eigenvalue weighted by Gasteiger charge is 2.22. The monoisotopic (exact) mass is 416 g/mol. The molecule has 0 spiro atoms. The summed E-state index contributed by atoms with van der Waals surface area (Å²) in [5.41, 5.74) is -0.0359. The molecule has 1 fully saturated rings. The van der Waals surface area contributed by atoms with Gasteiger partial charge in [-0.3, -0.25) is 4.79 Å². The Morgan fingerprint density at radius 2 is 2.23 bits per heavy atom. The van der Waals surface area contributed by atoms with Crippen molar-refractivity contribution in [2.75, 3.05) is 18.4 Å². The molecule has 1 saturated heterocycles. The Balaban J connectivity index is 0.00000243. The quantitative estimate of drug-likeness (QED) is 0.715. The van der Waals surface area contributed by atoms with E-state index in [9.17, 15) is 4.79 Å². The van der Waals surface area contributed by atoms with Gasteiger partial charge in [-0.2, -0.15) is 0 Å². The number of rotatable bonds is 5. The number of thiazole rings is 1. The summed E-state index contributed by atoms with van der Waals surface area (Å²) in [6.07, 6.45) is 5.57. The summed E-state index contributed by atoms with van der Waals surface area (Å²) in [6.45, 7) is 8.05. The van der Waals surface area contributed by atoms with E-state index < -0.39 is 0 Å². The van der Waals surface area contributed by atoms with Crippen molar-refractivity contribution < 1.29 is 9.21 Å². The van der Waals surface area contributed by atoms with E-state index in [1.165, 1.54) is 11.3 Å². The summed E-state index contributed by atoms with van der Waals surface area (Å²) in [5.74, 6) is 2.35. The first-order valence-electron chi connectivity index (χ1n) is 8.47. The molecule has 144 valence electrons. The molecule has 0 radical (unpaired) electrons. The van der Waals surface area contributed by atoms with Gasteiger partial charge < -0.3 is 15.1 Å². The molecule has 1 amide bonds. The highest BCUT2D eigenvalue weighted by molar-refractivity contribution is 8.00. The van der Waals surface area contributed by atoms with Crippen LogP contribution in [0.5, 0.6) is 0 Å². The van der Waals surface area contributed by atoms with Gasteiger partial charge in [-0.25, -0.2) is 9.97 Å². The SMILES string of the molecule is CC(C)(C)c1cnc(CSc2cnc(NC(=O)[C@@H]3CCCNC3)s2)o1.Cl. The van der Waals surface area contributed by atoms with Crippen molar-refractivity contribution in [1.82, 2.24) is 15.3 Å². The number of piperidine rings is 1. The van der Waals surface area contributed by atoms with Crippen LogP contribution in [0.4, 0.5) is 5.13 Å². The first-order chi connectivity index (χ1) is 11.9. The van der Waals surface area contributed by atoms with Gasteiger partial charge >= 0.3 is 0 Å². The fraction of sp³-hybridized carbons (Fsp3) is 0.588. The second-order valence-electron chi connectivity index (χ2n) is 7.17. The lowest BCUT2D eigenvalue weighted by Gasteiger charge is -2.21. The van der Waals surface area contributed by atoms with Crippen molar-refractivity contribution in [3.63, 3.8) is 0 Å². The molecule has 0 aromatic carbocycles. The maximum absolute atomic E-state index is 12.2. The fourth-order valence-electron chi connectivity index (χ4n) is 2.52. The normalized spacial score (nSPS) is 17.6. The molecule has 2 aromatic heterocycles. The van der Waals surface area contributed by atoms with E-state index in [0.29, 0.717) is 16.8 Å². The predicted molar refractivity (Wildman–Crippen MR) is 108 cm³/mol. The number of oxazole rings is 1. The first kappa shape index (κ1) is 21.2. The topological polar surface area (TPSA) is 80.0 Å². The molecule has 0 aliphatic carbocycles. The second kappa shape index (κ2) is 9.21. The molecule has 0 bridgehead atoms. The zero-order valence-corrected chi connectivity index (χ0v) is 17.7. The van der Waals surface area contributed by atoms with Crippen LogP contribution in [-0.4, -0.2) is 29.0 Å². The Kier molecular flexibility index (Phi) is 7.52. The molecule has 26 heavy (non-hydrogen) atoms. The number of aromatic nitrogens is 2. The van der Waals surface area contributed by atoms with Gasteiger partial charge in [0.2, 0.25) is 11.8 Å². The van der Waals surface area contributed by atoms with E-state index in [2.05, 4.69) is 41.4 Å². The first-order valence-corrected chi connectivity index (χ1v) is 10.3. The molecule has 1 aliphatic rings. The van der Waals surface area contributed by atoms with Gasteiger partial charge in [0.15, 0.2) is 5.13 Å². The Bertz CT molecular complexity index is 720. The van der Waals surface area contributed by atoms with Crippen LogP contribution in [-0.2, 0) is 16.0 Å². The van der Waals surface area contributed by atoms with Crippen molar-refractivity contribution in [1.29, 1.82) is 0 Å². The van der Waals surface area contributed by atoms with Crippen molar-refractivity contribution in [2.24, 2.45) is 5.92 Å². The third kappa shape index (κ3) is 5.70. The zero-order valence-electron chi connectivity index (χ0n) is 15.2. The van der Waals surface area contributed by atoms with Crippen molar-refractivity contribution in [2.45, 2.75) is 49.0 Å². The van der Waals surface area contributed by atoms with Gasteiger partial charge in [0.25, 0.3) is 0 Å². The lowest BCUT2D eigenvalue weighted by Crippen LogP contribution is -2.37. The minimum Gasteiger partial charge on any atom is -0.444 e. The number of nitrogens with one attached hydrogen (secondary N) is 2. The molecule has 3 rings (SSSR count). The van der Waals surface area contributed by atoms with Crippen LogP contribution in [0, 0.1) is 5.92 Å². The molecule has 0 saturated carbocycles. The molecule has 2 aromatic rings. The molecule has 3 heterocycles. The largest absolute Gasteiger partial charge is 0.444 e. The Hall–Kier alpha value is -1.09. The number of carbonyl (C=O) groups excluding carboxylic acids is 1. The van der Waals surface area contributed by atoms with Crippen LogP contribution >= 0.6 is 35.5 Å². The minimum absolute atomic E-state index is 0. The summed E-state index contributed by atoms with van der Waals surface area (Å²) in [5, 5.41) is 6.84. The number of anilines is 1. The molecule has 2 N–H and O–H groups in total. The van der Waals surface area contributed by atoms with Crippen LogP contribution in [0.3, 0.4) is 0 Å². The van der Waals surface area contributed by atoms with E-state index in [1.807, 2.05) is 0 Å². The number of amides is 1. The van der Waals surface area contributed by atoms with Crippen LogP contribution in [0.15, 0.2) is 21.0 Å².